The zero-order valence-electron chi connectivity index (χ0n) is 8.53. The monoisotopic (exact) mass is 212 g/mol. The third kappa shape index (κ3) is 7.46. The summed E-state index contributed by atoms with van der Waals surface area (Å²) in [5.74, 6) is -0.979. The average Bonchev–Trinajstić information content (AvgIpc) is 2.16. The number of amides is 2. The van der Waals surface area contributed by atoms with Crippen molar-refractivity contribution >= 4 is 11.8 Å². The summed E-state index contributed by atoms with van der Waals surface area (Å²) in [7, 11) is 0. The topological polar surface area (TPSA) is 122 Å². The van der Waals surface area contributed by atoms with Gasteiger partial charge in [-0.15, -0.1) is 0 Å². The van der Waals surface area contributed by atoms with Crippen LogP contribution >= 0.6 is 0 Å². The molecule has 0 saturated carbocycles. The summed E-state index contributed by atoms with van der Waals surface area (Å²) < 4.78 is 0. The van der Waals surface area contributed by atoms with Crippen LogP contribution in [0, 0.1) is 11.3 Å². The third-order valence-corrected chi connectivity index (χ3v) is 1.77. The summed E-state index contributed by atoms with van der Waals surface area (Å²) in [5, 5.41) is 10.8. The number of nitrogens with zero attached hydrogens (tertiary/aromatic N) is 1. The fourth-order valence-electron chi connectivity index (χ4n) is 0.981. The van der Waals surface area contributed by atoms with Crippen LogP contribution in [0.15, 0.2) is 0 Å². The maximum atomic E-state index is 11.2. The van der Waals surface area contributed by atoms with Gasteiger partial charge in [0.1, 0.15) is 0 Å². The lowest BCUT2D eigenvalue weighted by atomic mass is 10.2. The average molecular weight is 212 g/mol. The molecular formula is C9H16N4O2. The zero-order valence-corrected chi connectivity index (χ0v) is 8.53. The Morgan fingerprint density at radius 3 is 2.60 bits per heavy atom. The lowest BCUT2D eigenvalue weighted by Gasteiger charge is -2.09. The number of primary amides is 1. The van der Waals surface area contributed by atoms with E-state index < -0.39 is 11.9 Å². The van der Waals surface area contributed by atoms with Crippen LogP contribution in [0.3, 0.4) is 0 Å². The van der Waals surface area contributed by atoms with Crippen molar-refractivity contribution in [1.82, 2.24) is 5.32 Å². The Hall–Kier alpha value is -1.61. The maximum Gasteiger partial charge on any atom is 0.237 e. The Morgan fingerprint density at radius 2 is 2.07 bits per heavy atom. The van der Waals surface area contributed by atoms with E-state index in [0.29, 0.717) is 13.0 Å². The van der Waals surface area contributed by atoms with E-state index in [1.54, 1.807) is 0 Å². The van der Waals surface area contributed by atoms with Gasteiger partial charge in [-0.2, -0.15) is 5.26 Å². The predicted molar refractivity (Wildman–Crippen MR) is 54.3 cm³/mol. The molecule has 15 heavy (non-hydrogen) atoms. The molecule has 0 radical (unpaired) electrons. The van der Waals surface area contributed by atoms with Crippen molar-refractivity contribution in [3.63, 3.8) is 0 Å². The van der Waals surface area contributed by atoms with Gasteiger partial charge in [0.2, 0.25) is 11.8 Å². The second kappa shape index (κ2) is 7.76. The number of nitriles is 1. The number of hydrogen-bond acceptors (Lipinski definition) is 4. The molecule has 0 spiro atoms. The number of unbranched alkanes of at least 4 members (excludes halogenated alkanes) is 2. The maximum absolute atomic E-state index is 11.2. The molecule has 0 bridgehead atoms. The van der Waals surface area contributed by atoms with Crippen LogP contribution in [0.4, 0.5) is 0 Å². The summed E-state index contributed by atoms with van der Waals surface area (Å²) in [6.45, 7) is 0.465. The number of carbonyl (C=O) groups excluding carboxylic acids is 2. The molecule has 1 unspecified atom stereocenters. The predicted octanol–water partition coefficient (Wildman–Crippen LogP) is -1.00. The van der Waals surface area contributed by atoms with Crippen LogP contribution in [0.2, 0.25) is 0 Å². The van der Waals surface area contributed by atoms with Crippen LogP contribution in [-0.4, -0.2) is 24.4 Å². The lowest BCUT2D eigenvalue weighted by molar-refractivity contribution is -0.126. The second-order valence-corrected chi connectivity index (χ2v) is 3.18. The van der Waals surface area contributed by atoms with Gasteiger partial charge in [-0.05, 0) is 12.8 Å². The van der Waals surface area contributed by atoms with E-state index >= 15 is 0 Å². The zero-order chi connectivity index (χ0) is 11.7. The van der Waals surface area contributed by atoms with Crippen molar-refractivity contribution in [3.8, 4) is 6.07 Å². The summed E-state index contributed by atoms with van der Waals surface area (Å²) in [5.41, 5.74) is 10.3. The van der Waals surface area contributed by atoms with Crippen molar-refractivity contribution in [2.24, 2.45) is 11.5 Å². The molecule has 6 nitrogen and oxygen atoms in total. The fourth-order valence-corrected chi connectivity index (χ4v) is 0.981. The third-order valence-electron chi connectivity index (χ3n) is 1.77. The SMILES string of the molecule is N#CCCCCNC(=O)C(N)CC(N)=O. The fraction of sp³-hybridized carbons (Fsp3) is 0.667. The highest BCUT2D eigenvalue weighted by Crippen LogP contribution is 1.92. The molecule has 5 N–H and O–H groups in total. The van der Waals surface area contributed by atoms with Gasteiger partial charge in [0.15, 0.2) is 0 Å². The van der Waals surface area contributed by atoms with Gasteiger partial charge in [-0.3, -0.25) is 9.59 Å². The van der Waals surface area contributed by atoms with E-state index in [-0.39, 0.29) is 12.3 Å². The largest absolute Gasteiger partial charge is 0.370 e. The van der Waals surface area contributed by atoms with E-state index in [0.717, 1.165) is 12.8 Å². The molecule has 0 aliphatic carbocycles. The summed E-state index contributed by atoms with van der Waals surface area (Å²) in [4.78, 5) is 21.7. The number of nitrogens with two attached hydrogens (primary N) is 2. The number of nitrogens with one attached hydrogen (secondary N) is 1. The van der Waals surface area contributed by atoms with Crippen molar-refractivity contribution < 1.29 is 9.59 Å². The van der Waals surface area contributed by atoms with Gasteiger partial charge in [-0.25, -0.2) is 0 Å². The Bertz CT molecular complexity index is 259. The molecule has 0 fully saturated rings. The molecule has 0 rings (SSSR count). The van der Waals surface area contributed by atoms with Gasteiger partial charge in [0.05, 0.1) is 18.5 Å². The Morgan fingerprint density at radius 1 is 1.40 bits per heavy atom. The molecule has 84 valence electrons. The lowest BCUT2D eigenvalue weighted by Crippen LogP contribution is -2.43. The molecule has 0 aliphatic heterocycles. The van der Waals surface area contributed by atoms with Crippen molar-refractivity contribution in [2.75, 3.05) is 6.54 Å². The first-order chi connectivity index (χ1) is 7.07. The number of hydrogen-bond donors (Lipinski definition) is 3. The minimum atomic E-state index is -0.876. The van der Waals surface area contributed by atoms with Crippen LogP contribution in [-0.2, 0) is 9.59 Å². The molecule has 2 amide bonds. The molecule has 0 heterocycles. The highest BCUT2D eigenvalue weighted by atomic mass is 16.2. The Labute approximate surface area is 88.6 Å². The normalized spacial score (nSPS) is 11.5. The summed E-state index contributed by atoms with van der Waals surface area (Å²) in [6, 6.07) is 1.13. The van der Waals surface area contributed by atoms with E-state index in [9.17, 15) is 9.59 Å². The van der Waals surface area contributed by atoms with Crippen LogP contribution < -0.4 is 16.8 Å². The highest BCUT2D eigenvalue weighted by molar-refractivity contribution is 5.87. The molecule has 0 aromatic rings. The Kier molecular flexibility index (Phi) is 6.93. The number of rotatable bonds is 7. The van der Waals surface area contributed by atoms with Crippen molar-refractivity contribution in [3.05, 3.63) is 0 Å². The van der Waals surface area contributed by atoms with Crippen molar-refractivity contribution in [1.29, 1.82) is 5.26 Å². The van der Waals surface area contributed by atoms with Gasteiger partial charge in [0.25, 0.3) is 0 Å². The molecule has 0 aliphatic rings. The van der Waals surface area contributed by atoms with E-state index in [1.807, 2.05) is 6.07 Å². The van der Waals surface area contributed by atoms with Crippen LogP contribution in [0.25, 0.3) is 0 Å². The first-order valence-corrected chi connectivity index (χ1v) is 4.76. The van der Waals surface area contributed by atoms with E-state index in [4.69, 9.17) is 16.7 Å². The van der Waals surface area contributed by atoms with Crippen LogP contribution in [0.5, 0.6) is 0 Å². The summed E-state index contributed by atoms with van der Waals surface area (Å²) >= 11 is 0. The highest BCUT2D eigenvalue weighted by Gasteiger charge is 2.14. The van der Waals surface area contributed by atoms with E-state index in [2.05, 4.69) is 5.32 Å². The minimum Gasteiger partial charge on any atom is -0.370 e. The first kappa shape index (κ1) is 13.4. The first-order valence-electron chi connectivity index (χ1n) is 4.76. The quantitative estimate of drug-likeness (QED) is 0.468. The van der Waals surface area contributed by atoms with Gasteiger partial charge in [-0.1, -0.05) is 0 Å². The second-order valence-electron chi connectivity index (χ2n) is 3.18. The van der Waals surface area contributed by atoms with Gasteiger partial charge in [0, 0.05) is 13.0 Å². The molecule has 1 atom stereocenters. The van der Waals surface area contributed by atoms with Crippen LogP contribution in [0.1, 0.15) is 25.7 Å². The number of carbonyl (C=O) groups is 2. The standard InChI is InChI=1S/C9H16N4O2/c10-4-2-1-3-5-13-9(15)7(11)6-8(12)14/h7H,1-3,5-6,11H2,(H2,12,14)(H,13,15). The van der Waals surface area contributed by atoms with E-state index in [1.165, 1.54) is 0 Å². The van der Waals surface area contributed by atoms with Gasteiger partial charge >= 0.3 is 0 Å². The molecule has 0 aromatic heterocycles. The molecule has 6 heteroatoms. The molecule has 0 saturated heterocycles. The summed E-state index contributed by atoms with van der Waals surface area (Å²) in [6.07, 6.45) is 1.79. The minimum absolute atomic E-state index is 0.149. The molecular weight excluding hydrogens is 196 g/mol. The smallest absolute Gasteiger partial charge is 0.237 e. The van der Waals surface area contributed by atoms with Crippen molar-refractivity contribution in [2.45, 2.75) is 31.7 Å². The van der Waals surface area contributed by atoms with Gasteiger partial charge < -0.3 is 16.8 Å². The Balaban J connectivity index is 3.56. The molecule has 0 aromatic carbocycles.